The maximum Gasteiger partial charge on any atom is 0.255 e. The number of amides is 1. The third-order valence-corrected chi connectivity index (χ3v) is 2.79. The number of rotatable bonds is 4. The van der Waals surface area contributed by atoms with Crippen LogP contribution in [0, 0.1) is 17.2 Å². The van der Waals surface area contributed by atoms with Crippen LogP contribution in [0.2, 0.25) is 5.02 Å². The molecule has 6 heteroatoms. The number of hydrogen-bond acceptors (Lipinski definition) is 4. The normalized spacial score (nSPS) is 11.7. The Morgan fingerprint density at radius 1 is 1.72 bits per heavy atom. The van der Waals surface area contributed by atoms with Crippen LogP contribution in [-0.4, -0.2) is 28.9 Å². The summed E-state index contributed by atoms with van der Waals surface area (Å²) in [7, 11) is 0. The Bertz CT molecular complexity index is 483. The molecule has 0 aliphatic rings. The molecule has 5 nitrogen and oxygen atoms in total. The van der Waals surface area contributed by atoms with Crippen LogP contribution in [0.3, 0.4) is 0 Å². The molecule has 96 valence electrons. The minimum atomic E-state index is -0.237. The zero-order valence-corrected chi connectivity index (χ0v) is 11.1. The van der Waals surface area contributed by atoms with E-state index in [4.69, 9.17) is 22.6 Å². The van der Waals surface area contributed by atoms with Gasteiger partial charge in [0.2, 0.25) is 0 Å². The highest BCUT2D eigenvalue weighted by Gasteiger charge is 2.19. The summed E-state index contributed by atoms with van der Waals surface area (Å²) >= 11 is 5.93. The van der Waals surface area contributed by atoms with E-state index in [0.717, 1.165) is 0 Å². The third-order valence-electron chi connectivity index (χ3n) is 2.49. The minimum absolute atomic E-state index is 0.230. The van der Waals surface area contributed by atoms with E-state index >= 15 is 0 Å². The first-order valence-electron chi connectivity index (χ1n) is 5.59. The smallest absolute Gasteiger partial charge is 0.255 e. The minimum Gasteiger partial charge on any atom is -0.384 e. The summed E-state index contributed by atoms with van der Waals surface area (Å²) in [6.45, 7) is 4.48. The van der Waals surface area contributed by atoms with Gasteiger partial charge in [-0.25, -0.2) is 4.98 Å². The highest BCUT2D eigenvalue weighted by molar-refractivity contribution is 6.33. The average Bonchev–Trinajstić information content (AvgIpc) is 2.37. The van der Waals surface area contributed by atoms with Crippen LogP contribution in [0.4, 0.5) is 5.82 Å². The lowest BCUT2D eigenvalue weighted by atomic mass is 10.1. The van der Waals surface area contributed by atoms with Crippen molar-refractivity contribution in [2.24, 2.45) is 5.92 Å². The SMILES string of the molecule is CCN(CC(C)C#N)C(=O)c1cc(N)ncc1Cl. The number of carbonyl (C=O) groups excluding carboxylic acids is 1. The Kier molecular flexibility index (Phi) is 4.93. The molecular weight excluding hydrogens is 252 g/mol. The molecule has 0 bridgehead atoms. The number of halogens is 1. The molecule has 1 amide bonds. The fourth-order valence-electron chi connectivity index (χ4n) is 1.52. The first-order valence-corrected chi connectivity index (χ1v) is 5.97. The summed E-state index contributed by atoms with van der Waals surface area (Å²) in [5, 5.41) is 9.05. The van der Waals surface area contributed by atoms with Gasteiger partial charge in [-0.05, 0) is 19.9 Å². The molecule has 1 heterocycles. The standard InChI is InChI=1S/C12H15ClN4O/c1-3-17(7-8(2)5-14)12(18)9-4-11(15)16-6-10(9)13/h4,6,8H,3,7H2,1-2H3,(H2,15,16). The van der Waals surface area contributed by atoms with Crippen LogP contribution < -0.4 is 5.73 Å². The van der Waals surface area contributed by atoms with E-state index in [1.807, 2.05) is 6.92 Å². The molecule has 0 saturated carbocycles. The van der Waals surface area contributed by atoms with Crippen LogP contribution in [0.15, 0.2) is 12.3 Å². The average molecular weight is 267 g/mol. The van der Waals surface area contributed by atoms with Crippen molar-refractivity contribution in [2.75, 3.05) is 18.8 Å². The number of anilines is 1. The predicted molar refractivity (Wildman–Crippen MR) is 70.0 cm³/mol. The van der Waals surface area contributed by atoms with Crippen LogP contribution in [0.25, 0.3) is 0 Å². The highest BCUT2D eigenvalue weighted by atomic mass is 35.5. The summed E-state index contributed by atoms with van der Waals surface area (Å²) in [6, 6.07) is 3.55. The molecule has 0 aliphatic carbocycles. The number of pyridine rings is 1. The van der Waals surface area contributed by atoms with Crippen LogP contribution in [-0.2, 0) is 0 Å². The van der Waals surface area contributed by atoms with Gasteiger partial charge in [0.1, 0.15) is 5.82 Å². The van der Waals surface area contributed by atoms with E-state index in [0.29, 0.717) is 18.7 Å². The zero-order valence-electron chi connectivity index (χ0n) is 10.4. The molecule has 0 radical (unpaired) electrons. The largest absolute Gasteiger partial charge is 0.384 e. The first-order chi connectivity index (χ1) is 8.49. The molecule has 0 saturated heterocycles. The fraction of sp³-hybridized carbons (Fsp3) is 0.417. The van der Waals surface area contributed by atoms with Crippen molar-refractivity contribution >= 4 is 23.3 Å². The quantitative estimate of drug-likeness (QED) is 0.903. The third kappa shape index (κ3) is 3.34. The second-order valence-electron chi connectivity index (χ2n) is 3.96. The van der Waals surface area contributed by atoms with Crippen LogP contribution in [0.5, 0.6) is 0 Å². The van der Waals surface area contributed by atoms with Gasteiger partial charge < -0.3 is 10.6 Å². The molecule has 0 spiro atoms. The van der Waals surface area contributed by atoms with Crippen molar-refractivity contribution in [1.29, 1.82) is 5.26 Å². The monoisotopic (exact) mass is 266 g/mol. The molecule has 2 N–H and O–H groups in total. The number of nitriles is 1. The Labute approximate surface area is 111 Å². The fourth-order valence-corrected chi connectivity index (χ4v) is 1.70. The number of hydrogen-bond donors (Lipinski definition) is 1. The second-order valence-corrected chi connectivity index (χ2v) is 4.37. The molecule has 0 aliphatic heterocycles. The van der Waals surface area contributed by atoms with Crippen LogP contribution >= 0.6 is 11.6 Å². The van der Waals surface area contributed by atoms with Crippen molar-refractivity contribution in [3.8, 4) is 6.07 Å². The number of aromatic nitrogens is 1. The number of carbonyl (C=O) groups is 1. The van der Waals surface area contributed by atoms with Crippen molar-refractivity contribution in [3.05, 3.63) is 22.8 Å². The Morgan fingerprint density at radius 3 is 2.94 bits per heavy atom. The predicted octanol–water partition coefficient (Wildman–Crippen LogP) is 1.94. The van der Waals surface area contributed by atoms with Gasteiger partial charge in [-0.1, -0.05) is 11.6 Å². The molecule has 1 rings (SSSR count). The summed E-state index contributed by atoms with van der Waals surface area (Å²) in [5.74, 6) is -0.224. The molecule has 1 aromatic heterocycles. The summed E-state index contributed by atoms with van der Waals surface area (Å²) in [5.41, 5.74) is 5.86. The van der Waals surface area contributed by atoms with Gasteiger partial charge >= 0.3 is 0 Å². The van der Waals surface area contributed by atoms with Crippen molar-refractivity contribution in [3.63, 3.8) is 0 Å². The number of nitrogens with two attached hydrogens (primary N) is 1. The van der Waals surface area contributed by atoms with Gasteiger partial charge in [-0.2, -0.15) is 5.26 Å². The molecule has 18 heavy (non-hydrogen) atoms. The Morgan fingerprint density at radius 2 is 2.39 bits per heavy atom. The number of nitrogen functional groups attached to an aromatic ring is 1. The Hall–Kier alpha value is -1.80. The summed E-state index contributed by atoms with van der Waals surface area (Å²) < 4.78 is 0. The molecule has 0 aromatic carbocycles. The summed E-state index contributed by atoms with van der Waals surface area (Å²) in [6.07, 6.45) is 1.35. The molecule has 1 aromatic rings. The topological polar surface area (TPSA) is 83.0 Å². The van der Waals surface area contributed by atoms with Gasteiger partial charge in [0, 0.05) is 19.3 Å². The lowest BCUT2D eigenvalue weighted by molar-refractivity contribution is 0.0753. The first kappa shape index (κ1) is 14.3. The van der Waals surface area contributed by atoms with Gasteiger partial charge in [-0.15, -0.1) is 0 Å². The van der Waals surface area contributed by atoms with Gasteiger partial charge in [-0.3, -0.25) is 4.79 Å². The maximum atomic E-state index is 12.2. The lowest BCUT2D eigenvalue weighted by Crippen LogP contribution is -2.34. The van der Waals surface area contributed by atoms with E-state index in [1.165, 1.54) is 12.3 Å². The van der Waals surface area contributed by atoms with Crippen molar-refractivity contribution < 1.29 is 4.79 Å². The van der Waals surface area contributed by atoms with Gasteiger partial charge in [0.15, 0.2) is 0 Å². The molecular formula is C12H15ClN4O. The van der Waals surface area contributed by atoms with E-state index < -0.39 is 0 Å². The number of nitrogens with zero attached hydrogens (tertiary/aromatic N) is 3. The van der Waals surface area contributed by atoms with E-state index in [9.17, 15) is 4.79 Å². The van der Waals surface area contributed by atoms with Gasteiger partial charge in [0.25, 0.3) is 5.91 Å². The maximum absolute atomic E-state index is 12.2. The molecule has 0 fully saturated rings. The zero-order chi connectivity index (χ0) is 13.7. The molecule has 1 unspecified atom stereocenters. The lowest BCUT2D eigenvalue weighted by Gasteiger charge is -2.22. The second kappa shape index (κ2) is 6.22. The molecule has 1 atom stereocenters. The van der Waals surface area contributed by atoms with Crippen molar-refractivity contribution in [2.45, 2.75) is 13.8 Å². The van der Waals surface area contributed by atoms with Crippen molar-refractivity contribution in [1.82, 2.24) is 9.88 Å². The Balaban J connectivity index is 2.97. The highest BCUT2D eigenvalue weighted by Crippen LogP contribution is 2.19. The van der Waals surface area contributed by atoms with E-state index in [-0.39, 0.29) is 22.7 Å². The van der Waals surface area contributed by atoms with Gasteiger partial charge in [0.05, 0.1) is 22.6 Å². The summed E-state index contributed by atoms with van der Waals surface area (Å²) in [4.78, 5) is 17.6. The van der Waals surface area contributed by atoms with E-state index in [1.54, 1.807) is 11.8 Å². The van der Waals surface area contributed by atoms with Crippen LogP contribution in [0.1, 0.15) is 24.2 Å². The van der Waals surface area contributed by atoms with E-state index in [2.05, 4.69) is 11.1 Å².